The van der Waals surface area contributed by atoms with E-state index in [1.165, 1.54) is 14.2 Å². The number of ether oxygens (including phenoxy) is 2. The molecule has 2 aromatic carbocycles. The van der Waals surface area contributed by atoms with Crippen molar-refractivity contribution in [3.8, 4) is 11.5 Å². The fourth-order valence-corrected chi connectivity index (χ4v) is 3.87. The molecular formula is C22H22N2O5S. The van der Waals surface area contributed by atoms with Crippen LogP contribution in [0.2, 0.25) is 0 Å². The van der Waals surface area contributed by atoms with E-state index in [1.807, 2.05) is 32.0 Å². The molecule has 0 aromatic heterocycles. The molecule has 7 nitrogen and oxygen atoms in total. The van der Waals surface area contributed by atoms with Gasteiger partial charge in [0.05, 0.1) is 19.1 Å². The van der Waals surface area contributed by atoms with E-state index >= 15 is 0 Å². The highest BCUT2D eigenvalue weighted by molar-refractivity contribution is 8.18. The number of benzene rings is 2. The fourth-order valence-electron chi connectivity index (χ4n) is 3.03. The van der Waals surface area contributed by atoms with Gasteiger partial charge in [0.25, 0.3) is 11.1 Å². The van der Waals surface area contributed by atoms with Crippen LogP contribution in [-0.4, -0.2) is 42.7 Å². The molecule has 8 heteroatoms. The molecule has 1 heterocycles. The molecule has 156 valence electrons. The summed E-state index contributed by atoms with van der Waals surface area (Å²) in [5, 5.41) is 2.31. The minimum absolute atomic E-state index is 0.232. The van der Waals surface area contributed by atoms with Gasteiger partial charge in [0.2, 0.25) is 5.91 Å². The topological polar surface area (TPSA) is 84.9 Å². The first-order valence-corrected chi connectivity index (χ1v) is 9.98. The van der Waals surface area contributed by atoms with Gasteiger partial charge in [-0.1, -0.05) is 18.2 Å². The highest BCUT2D eigenvalue weighted by Crippen LogP contribution is 2.33. The monoisotopic (exact) mass is 426 g/mol. The third-order valence-electron chi connectivity index (χ3n) is 4.59. The van der Waals surface area contributed by atoms with Crippen molar-refractivity contribution in [3.63, 3.8) is 0 Å². The van der Waals surface area contributed by atoms with Crippen molar-refractivity contribution >= 4 is 40.6 Å². The van der Waals surface area contributed by atoms with Gasteiger partial charge in [-0.05, 0) is 60.5 Å². The van der Waals surface area contributed by atoms with Crippen LogP contribution in [0, 0.1) is 13.8 Å². The Balaban J connectivity index is 1.76. The SMILES string of the molecule is COc1cc(/C=C2/SC(=O)N(CC(=O)Nc3c(C)cccc3C)C2=O)cc(OC)c1. The summed E-state index contributed by atoms with van der Waals surface area (Å²) >= 11 is 0.795. The molecule has 0 radical (unpaired) electrons. The fraction of sp³-hybridized carbons (Fsp3) is 0.227. The van der Waals surface area contributed by atoms with E-state index < -0.39 is 17.1 Å². The Kier molecular flexibility index (Phi) is 6.47. The molecule has 3 rings (SSSR count). The summed E-state index contributed by atoms with van der Waals surface area (Å²) < 4.78 is 10.5. The van der Waals surface area contributed by atoms with Gasteiger partial charge in [0, 0.05) is 11.8 Å². The van der Waals surface area contributed by atoms with Crippen molar-refractivity contribution in [1.82, 2.24) is 4.90 Å². The zero-order valence-electron chi connectivity index (χ0n) is 17.1. The Morgan fingerprint density at radius 2 is 1.67 bits per heavy atom. The zero-order valence-corrected chi connectivity index (χ0v) is 18.0. The van der Waals surface area contributed by atoms with Crippen LogP contribution in [0.3, 0.4) is 0 Å². The summed E-state index contributed by atoms with van der Waals surface area (Å²) in [6.07, 6.45) is 1.58. The lowest BCUT2D eigenvalue weighted by molar-refractivity contribution is -0.127. The van der Waals surface area contributed by atoms with Crippen LogP contribution in [0.1, 0.15) is 16.7 Å². The number of rotatable bonds is 6. The van der Waals surface area contributed by atoms with Gasteiger partial charge in [-0.25, -0.2) is 0 Å². The molecule has 30 heavy (non-hydrogen) atoms. The standard InChI is InChI=1S/C22H22N2O5S/c1-13-6-5-7-14(2)20(13)23-19(25)12-24-21(26)18(30-22(24)27)10-15-8-16(28-3)11-17(9-15)29-4/h5-11H,12H2,1-4H3,(H,23,25)/b18-10+. The molecule has 3 amide bonds. The molecule has 1 N–H and O–H groups in total. The lowest BCUT2D eigenvalue weighted by atomic mass is 10.1. The van der Waals surface area contributed by atoms with E-state index in [4.69, 9.17) is 9.47 Å². The van der Waals surface area contributed by atoms with Gasteiger partial charge in [-0.2, -0.15) is 0 Å². The lowest BCUT2D eigenvalue weighted by Gasteiger charge is -2.15. The Labute approximate surface area is 179 Å². The quantitative estimate of drug-likeness (QED) is 0.703. The van der Waals surface area contributed by atoms with E-state index in [1.54, 1.807) is 24.3 Å². The Morgan fingerprint density at radius 1 is 1.07 bits per heavy atom. The van der Waals surface area contributed by atoms with Crippen LogP contribution in [0.25, 0.3) is 6.08 Å². The second-order valence-electron chi connectivity index (χ2n) is 6.73. The molecule has 0 bridgehead atoms. The van der Waals surface area contributed by atoms with E-state index in [2.05, 4.69) is 5.32 Å². The number of para-hydroxylation sites is 1. The Morgan fingerprint density at radius 3 is 2.23 bits per heavy atom. The maximum atomic E-state index is 12.7. The highest BCUT2D eigenvalue weighted by Gasteiger charge is 2.36. The van der Waals surface area contributed by atoms with Gasteiger partial charge >= 0.3 is 0 Å². The molecule has 0 aliphatic carbocycles. The van der Waals surface area contributed by atoms with Crippen molar-refractivity contribution < 1.29 is 23.9 Å². The second kappa shape index (κ2) is 9.04. The minimum atomic E-state index is -0.511. The number of hydrogen-bond acceptors (Lipinski definition) is 6. The number of carbonyl (C=O) groups is 3. The number of carbonyl (C=O) groups excluding carboxylic acids is 3. The van der Waals surface area contributed by atoms with Crippen molar-refractivity contribution in [2.75, 3.05) is 26.1 Å². The van der Waals surface area contributed by atoms with Crippen LogP contribution in [-0.2, 0) is 9.59 Å². The molecule has 0 saturated carbocycles. The first kappa shape index (κ1) is 21.4. The number of thioether (sulfide) groups is 1. The van der Waals surface area contributed by atoms with Crippen LogP contribution in [0.5, 0.6) is 11.5 Å². The predicted octanol–water partition coefficient (Wildman–Crippen LogP) is 4.00. The summed E-state index contributed by atoms with van der Waals surface area (Å²) in [7, 11) is 3.06. The summed E-state index contributed by atoms with van der Waals surface area (Å²) in [5.41, 5.74) is 3.15. The highest BCUT2D eigenvalue weighted by atomic mass is 32.2. The first-order valence-electron chi connectivity index (χ1n) is 9.17. The Hall–Kier alpha value is -3.26. The van der Waals surface area contributed by atoms with Gasteiger partial charge in [0.15, 0.2) is 0 Å². The molecule has 1 aliphatic heterocycles. The van der Waals surface area contributed by atoms with Crippen LogP contribution < -0.4 is 14.8 Å². The molecule has 2 aromatic rings. The average Bonchev–Trinajstić information content (AvgIpc) is 2.97. The number of imide groups is 1. The minimum Gasteiger partial charge on any atom is -0.497 e. The first-order chi connectivity index (χ1) is 14.3. The van der Waals surface area contributed by atoms with Crippen LogP contribution in [0.4, 0.5) is 10.5 Å². The van der Waals surface area contributed by atoms with Gasteiger partial charge in [0.1, 0.15) is 18.0 Å². The summed E-state index contributed by atoms with van der Waals surface area (Å²) in [6.45, 7) is 3.42. The van der Waals surface area contributed by atoms with Crippen LogP contribution in [0.15, 0.2) is 41.3 Å². The number of methoxy groups -OCH3 is 2. The number of aryl methyl sites for hydroxylation is 2. The maximum absolute atomic E-state index is 12.7. The summed E-state index contributed by atoms with van der Waals surface area (Å²) in [6, 6.07) is 10.8. The smallest absolute Gasteiger partial charge is 0.294 e. The second-order valence-corrected chi connectivity index (χ2v) is 7.72. The maximum Gasteiger partial charge on any atom is 0.294 e. The largest absolute Gasteiger partial charge is 0.497 e. The number of nitrogens with zero attached hydrogens (tertiary/aromatic N) is 1. The third-order valence-corrected chi connectivity index (χ3v) is 5.50. The number of hydrogen-bond donors (Lipinski definition) is 1. The van der Waals surface area contributed by atoms with E-state index in [-0.39, 0.29) is 11.4 Å². The molecule has 1 aliphatic rings. The Bertz CT molecular complexity index is 1010. The lowest BCUT2D eigenvalue weighted by Crippen LogP contribution is -2.36. The van der Waals surface area contributed by atoms with Gasteiger partial charge in [-0.3, -0.25) is 19.3 Å². The van der Waals surface area contributed by atoms with Crippen LogP contribution >= 0.6 is 11.8 Å². The molecule has 1 saturated heterocycles. The summed E-state index contributed by atoms with van der Waals surface area (Å²) in [4.78, 5) is 38.7. The predicted molar refractivity (Wildman–Crippen MR) is 117 cm³/mol. The molecular weight excluding hydrogens is 404 g/mol. The van der Waals surface area contributed by atoms with E-state index in [0.717, 1.165) is 27.8 Å². The summed E-state index contributed by atoms with van der Waals surface area (Å²) in [5.74, 6) is 0.183. The van der Waals surface area contributed by atoms with Crippen molar-refractivity contribution in [2.45, 2.75) is 13.8 Å². The third kappa shape index (κ3) is 4.65. The average molecular weight is 426 g/mol. The normalized spacial score (nSPS) is 14.9. The van der Waals surface area contributed by atoms with Gasteiger partial charge < -0.3 is 14.8 Å². The zero-order chi connectivity index (χ0) is 21.8. The van der Waals surface area contributed by atoms with Crippen molar-refractivity contribution in [1.29, 1.82) is 0 Å². The molecule has 0 unspecified atom stereocenters. The van der Waals surface area contributed by atoms with E-state index in [0.29, 0.717) is 22.7 Å². The van der Waals surface area contributed by atoms with Gasteiger partial charge in [-0.15, -0.1) is 0 Å². The number of amides is 3. The molecule has 0 spiro atoms. The number of nitrogens with one attached hydrogen (secondary N) is 1. The van der Waals surface area contributed by atoms with Crippen molar-refractivity contribution in [2.24, 2.45) is 0 Å². The molecule has 0 atom stereocenters. The number of anilines is 1. The molecule has 1 fully saturated rings. The van der Waals surface area contributed by atoms with E-state index in [9.17, 15) is 14.4 Å². The van der Waals surface area contributed by atoms with Crippen molar-refractivity contribution in [3.05, 3.63) is 58.0 Å².